The van der Waals surface area contributed by atoms with E-state index in [0.717, 1.165) is 12.1 Å². The topological polar surface area (TPSA) is 43.1 Å². The van der Waals surface area contributed by atoms with Crippen LogP contribution in [0.15, 0.2) is 30.3 Å². The first-order valence-electron chi connectivity index (χ1n) is 5.62. The molecule has 0 fully saturated rings. The fraction of sp³-hybridized carbons (Fsp3) is 0.0769. The van der Waals surface area contributed by atoms with Gasteiger partial charge in [0.05, 0.1) is 20.5 Å². The average molecular weight is 371 g/mol. The van der Waals surface area contributed by atoms with E-state index in [2.05, 4.69) is 0 Å². The van der Waals surface area contributed by atoms with Crippen molar-refractivity contribution in [3.05, 3.63) is 61.1 Å². The largest absolute Gasteiger partial charge is 0.417 e. The SMILES string of the molecule is O=[N+]([O-])c1ccc(-c2cc(Cl)c(Cl)cc2Cl)c(C(F)(F)F)c1. The predicted octanol–water partition coefficient (Wildman–Crippen LogP) is 6.24. The summed E-state index contributed by atoms with van der Waals surface area (Å²) < 4.78 is 39.5. The van der Waals surface area contributed by atoms with Gasteiger partial charge in [-0.3, -0.25) is 10.1 Å². The van der Waals surface area contributed by atoms with Crippen LogP contribution in [-0.4, -0.2) is 4.92 Å². The maximum Gasteiger partial charge on any atom is 0.417 e. The van der Waals surface area contributed by atoms with Crippen LogP contribution in [0.25, 0.3) is 11.1 Å². The normalized spacial score (nSPS) is 11.5. The highest BCUT2D eigenvalue weighted by atomic mass is 35.5. The van der Waals surface area contributed by atoms with Crippen molar-refractivity contribution < 1.29 is 18.1 Å². The third-order valence-electron chi connectivity index (χ3n) is 2.82. The summed E-state index contributed by atoms with van der Waals surface area (Å²) in [5, 5.41) is 10.7. The Labute approximate surface area is 137 Å². The van der Waals surface area contributed by atoms with Gasteiger partial charge in [-0.25, -0.2) is 0 Å². The summed E-state index contributed by atoms with van der Waals surface area (Å²) in [5.74, 6) is 0. The molecule has 0 radical (unpaired) electrons. The molecule has 0 N–H and O–H groups in total. The lowest BCUT2D eigenvalue weighted by molar-refractivity contribution is -0.385. The summed E-state index contributed by atoms with van der Waals surface area (Å²) >= 11 is 17.5. The molecule has 0 atom stereocenters. The Hall–Kier alpha value is -1.50. The number of non-ortho nitro benzene ring substituents is 1. The highest BCUT2D eigenvalue weighted by Gasteiger charge is 2.35. The van der Waals surface area contributed by atoms with Crippen molar-refractivity contribution in [1.29, 1.82) is 0 Å². The van der Waals surface area contributed by atoms with E-state index in [1.807, 2.05) is 0 Å². The minimum absolute atomic E-state index is 0.0155. The van der Waals surface area contributed by atoms with Crippen LogP contribution in [-0.2, 0) is 6.18 Å². The molecule has 0 bridgehead atoms. The molecule has 0 aliphatic rings. The smallest absolute Gasteiger partial charge is 0.258 e. The molecule has 0 saturated carbocycles. The van der Waals surface area contributed by atoms with Crippen molar-refractivity contribution >= 4 is 40.5 Å². The highest BCUT2D eigenvalue weighted by Crippen LogP contribution is 2.43. The van der Waals surface area contributed by atoms with Gasteiger partial charge >= 0.3 is 6.18 Å². The second-order valence-corrected chi connectivity index (χ2v) is 5.45. The van der Waals surface area contributed by atoms with Gasteiger partial charge in [-0.05, 0) is 23.8 Å². The molecule has 0 aliphatic carbocycles. The van der Waals surface area contributed by atoms with E-state index in [1.54, 1.807) is 0 Å². The van der Waals surface area contributed by atoms with Gasteiger partial charge in [-0.1, -0.05) is 34.8 Å². The highest BCUT2D eigenvalue weighted by molar-refractivity contribution is 6.44. The zero-order chi connectivity index (χ0) is 16.7. The molecule has 2 rings (SSSR count). The zero-order valence-electron chi connectivity index (χ0n) is 10.4. The van der Waals surface area contributed by atoms with Crippen LogP contribution in [0.5, 0.6) is 0 Å². The molecule has 0 unspecified atom stereocenters. The fourth-order valence-corrected chi connectivity index (χ4v) is 2.49. The standard InChI is InChI=1S/C13H5Cl3F3NO2/c14-10-5-12(16)11(15)4-8(10)7-2-1-6(20(21)22)3-9(7)13(17,18)19/h1-5H. The average Bonchev–Trinajstić information content (AvgIpc) is 2.41. The van der Waals surface area contributed by atoms with Gasteiger partial charge < -0.3 is 0 Å². The lowest BCUT2D eigenvalue weighted by Gasteiger charge is -2.14. The Morgan fingerprint density at radius 2 is 1.50 bits per heavy atom. The number of benzene rings is 2. The van der Waals surface area contributed by atoms with Gasteiger partial charge in [-0.15, -0.1) is 0 Å². The van der Waals surface area contributed by atoms with Gasteiger partial charge in [0, 0.05) is 22.7 Å². The molecule has 0 aromatic heterocycles. The maximum absolute atomic E-state index is 13.2. The molecule has 0 spiro atoms. The molecule has 3 nitrogen and oxygen atoms in total. The number of rotatable bonds is 2. The van der Waals surface area contributed by atoms with Gasteiger partial charge in [0.1, 0.15) is 0 Å². The lowest BCUT2D eigenvalue weighted by Crippen LogP contribution is -2.08. The molecule has 0 aliphatic heterocycles. The van der Waals surface area contributed by atoms with Crippen molar-refractivity contribution in [3.8, 4) is 11.1 Å². The third kappa shape index (κ3) is 3.29. The van der Waals surface area contributed by atoms with Crippen molar-refractivity contribution in [1.82, 2.24) is 0 Å². The molecule has 2 aromatic carbocycles. The minimum atomic E-state index is -4.79. The van der Waals surface area contributed by atoms with E-state index >= 15 is 0 Å². The van der Waals surface area contributed by atoms with Crippen molar-refractivity contribution in [2.45, 2.75) is 6.18 Å². The van der Waals surface area contributed by atoms with Crippen LogP contribution in [0.2, 0.25) is 15.1 Å². The number of nitro benzene ring substituents is 1. The summed E-state index contributed by atoms with van der Waals surface area (Å²) in [7, 11) is 0. The van der Waals surface area contributed by atoms with Crippen LogP contribution >= 0.6 is 34.8 Å². The first-order valence-corrected chi connectivity index (χ1v) is 6.75. The van der Waals surface area contributed by atoms with Gasteiger partial charge in [-0.2, -0.15) is 13.2 Å². The Balaban J connectivity index is 2.75. The Bertz CT molecular complexity index is 763. The Kier molecular flexibility index (Phi) is 4.56. The second-order valence-electron chi connectivity index (χ2n) is 4.23. The minimum Gasteiger partial charge on any atom is -0.258 e. The molecular formula is C13H5Cl3F3NO2. The number of nitro groups is 1. The van der Waals surface area contributed by atoms with E-state index in [9.17, 15) is 23.3 Å². The summed E-state index contributed by atoms with van der Waals surface area (Å²) in [5.41, 5.74) is -2.19. The van der Waals surface area contributed by atoms with Crippen molar-refractivity contribution in [2.24, 2.45) is 0 Å². The van der Waals surface area contributed by atoms with Crippen molar-refractivity contribution in [3.63, 3.8) is 0 Å². The number of nitrogens with zero attached hydrogens (tertiary/aromatic N) is 1. The molecular weight excluding hydrogens is 366 g/mol. The zero-order valence-corrected chi connectivity index (χ0v) is 12.7. The first-order chi connectivity index (χ1) is 10.1. The molecule has 0 saturated heterocycles. The Morgan fingerprint density at radius 3 is 2.05 bits per heavy atom. The third-order valence-corrected chi connectivity index (χ3v) is 3.85. The molecule has 0 amide bonds. The molecule has 9 heteroatoms. The van der Waals surface area contributed by atoms with E-state index < -0.39 is 22.4 Å². The van der Waals surface area contributed by atoms with Crippen LogP contribution in [0.1, 0.15) is 5.56 Å². The summed E-state index contributed by atoms with van der Waals surface area (Å²) in [6.45, 7) is 0. The molecule has 0 heterocycles. The van der Waals surface area contributed by atoms with Crippen molar-refractivity contribution in [2.75, 3.05) is 0 Å². The van der Waals surface area contributed by atoms with Gasteiger partial charge in [0.2, 0.25) is 0 Å². The van der Waals surface area contributed by atoms with Crippen LogP contribution < -0.4 is 0 Å². The summed E-state index contributed by atoms with van der Waals surface area (Å²) in [6, 6.07) is 4.79. The molecule has 2 aromatic rings. The molecule has 22 heavy (non-hydrogen) atoms. The number of hydrogen-bond donors (Lipinski definition) is 0. The second kappa shape index (κ2) is 5.95. The van der Waals surface area contributed by atoms with E-state index in [0.29, 0.717) is 6.07 Å². The number of hydrogen-bond acceptors (Lipinski definition) is 2. The first kappa shape index (κ1) is 16.9. The maximum atomic E-state index is 13.2. The predicted molar refractivity (Wildman–Crippen MR) is 78.6 cm³/mol. The van der Waals surface area contributed by atoms with Crippen LogP contribution in [0, 0.1) is 10.1 Å². The quantitative estimate of drug-likeness (QED) is 0.357. The summed E-state index contributed by atoms with van der Waals surface area (Å²) in [4.78, 5) is 9.76. The Morgan fingerprint density at radius 1 is 0.909 bits per heavy atom. The van der Waals surface area contributed by atoms with Crippen LogP contribution in [0.3, 0.4) is 0 Å². The van der Waals surface area contributed by atoms with E-state index in [-0.39, 0.29) is 26.2 Å². The lowest BCUT2D eigenvalue weighted by atomic mass is 9.98. The number of halogens is 6. The van der Waals surface area contributed by atoms with E-state index in [4.69, 9.17) is 34.8 Å². The fourth-order valence-electron chi connectivity index (χ4n) is 1.84. The summed E-state index contributed by atoms with van der Waals surface area (Å²) in [6.07, 6.45) is -4.79. The van der Waals surface area contributed by atoms with Crippen LogP contribution in [0.4, 0.5) is 18.9 Å². The van der Waals surface area contributed by atoms with Gasteiger partial charge in [0.25, 0.3) is 5.69 Å². The van der Waals surface area contributed by atoms with Gasteiger partial charge in [0.15, 0.2) is 0 Å². The monoisotopic (exact) mass is 369 g/mol. The molecule has 116 valence electrons. The van der Waals surface area contributed by atoms with E-state index in [1.165, 1.54) is 12.1 Å². The number of alkyl halides is 3.